The summed E-state index contributed by atoms with van der Waals surface area (Å²) in [7, 11) is 0. The molecule has 7 nitrogen and oxygen atoms in total. The fraction of sp³-hybridized carbons (Fsp3) is 0.0769. The Morgan fingerprint density at radius 2 is 0.746 bits per heavy atom. The molecule has 0 unspecified atom stereocenters. The van der Waals surface area contributed by atoms with E-state index in [2.05, 4.69) is 86.0 Å². The SMILES string of the molecule is CC(C)(C)c1ccc2c(c1)c1ccccc1n2-c1ccc(-c2nc(-c3ccccc3)nc(-c3ccccc3)n2)cc1-c1nc(-c2ccccc2)nc(-c2ccccc2)n1. The fourth-order valence-electron chi connectivity index (χ4n) is 7.61. The molecule has 0 bridgehead atoms. The molecule has 0 aliphatic heterocycles. The Bertz CT molecular complexity index is 3000. The fourth-order valence-corrected chi connectivity index (χ4v) is 7.61. The average Bonchev–Trinajstić information content (AvgIpc) is 3.63. The molecule has 0 aliphatic rings. The second-order valence-corrected chi connectivity index (χ2v) is 15.6. The van der Waals surface area contributed by atoms with E-state index in [-0.39, 0.29) is 5.41 Å². The van der Waals surface area contributed by atoms with Crippen LogP contribution in [-0.4, -0.2) is 34.5 Å². The normalized spacial score (nSPS) is 11.6. The van der Waals surface area contributed by atoms with Crippen molar-refractivity contribution in [1.82, 2.24) is 34.5 Å². The van der Waals surface area contributed by atoms with E-state index in [1.165, 1.54) is 16.3 Å². The zero-order chi connectivity index (χ0) is 39.9. The van der Waals surface area contributed by atoms with Crippen molar-refractivity contribution in [1.29, 1.82) is 0 Å². The van der Waals surface area contributed by atoms with Gasteiger partial charge in [0.1, 0.15) is 0 Å². The second kappa shape index (κ2) is 14.7. The Hall–Kier alpha value is -7.64. The van der Waals surface area contributed by atoms with E-state index in [4.69, 9.17) is 29.9 Å². The van der Waals surface area contributed by atoms with Crippen molar-refractivity contribution in [2.24, 2.45) is 0 Å². The van der Waals surface area contributed by atoms with Crippen molar-refractivity contribution in [3.8, 4) is 74.0 Å². The highest BCUT2D eigenvalue weighted by atomic mass is 15.1. The molecule has 0 fully saturated rings. The molecule has 3 heterocycles. The van der Waals surface area contributed by atoms with Gasteiger partial charge in [0.05, 0.1) is 16.7 Å². The monoisotopic (exact) mass is 761 g/mol. The van der Waals surface area contributed by atoms with Gasteiger partial charge in [-0.1, -0.05) is 166 Å². The smallest absolute Gasteiger partial charge is 0.166 e. The summed E-state index contributed by atoms with van der Waals surface area (Å²) in [6, 6.07) is 62.1. The van der Waals surface area contributed by atoms with Crippen LogP contribution in [-0.2, 0) is 5.41 Å². The van der Waals surface area contributed by atoms with Crippen LogP contribution in [0.4, 0.5) is 0 Å². The lowest BCUT2D eigenvalue weighted by atomic mass is 9.86. The summed E-state index contributed by atoms with van der Waals surface area (Å²) in [6.07, 6.45) is 0. The molecule has 10 rings (SSSR count). The Morgan fingerprint density at radius 1 is 0.339 bits per heavy atom. The molecule has 59 heavy (non-hydrogen) atoms. The summed E-state index contributed by atoms with van der Waals surface area (Å²) in [5.41, 5.74) is 9.58. The second-order valence-electron chi connectivity index (χ2n) is 15.6. The third kappa shape index (κ3) is 6.83. The molecule has 3 aromatic heterocycles. The maximum atomic E-state index is 5.25. The minimum absolute atomic E-state index is 0.0154. The summed E-state index contributed by atoms with van der Waals surface area (Å²) < 4.78 is 2.34. The first-order valence-electron chi connectivity index (χ1n) is 19.8. The molecular formula is C52H39N7. The van der Waals surface area contributed by atoms with Gasteiger partial charge in [-0.15, -0.1) is 0 Å². The van der Waals surface area contributed by atoms with Gasteiger partial charge in [-0.2, -0.15) is 0 Å². The van der Waals surface area contributed by atoms with Crippen molar-refractivity contribution in [2.45, 2.75) is 26.2 Å². The first-order chi connectivity index (χ1) is 28.9. The number of para-hydroxylation sites is 1. The largest absolute Gasteiger partial charge is 0.309 e. The van der Waals surface area contributed by atoms with Crippen molar-refractivity contribution in [3.05, 3.63) is 188 Å². The van der Waals surface area contributed by atoms with E-state index in [1.54, 1.807) is 0 Å². The van der Waals surface area contributed by atoms with Crippen LogP contribution in [0.25, 0.3) is 95.8 Å². The quantitative estimate of drug-likeness (QED) is 0.161. The van der Waals surface area contributed by atoms with Crippen LogP contribution in [0, 0.1) is 0 Å². The van der Waals surface area contributed by atoms with Crippen LogP contribution in [0.15, 0.2) is 182 Å². The van der Waals surface area contributed by atoms with Crippen LogP contribution in [0.1, 0.15) is 26.3 Å². The number of hydrogen-bond acceptors (Lipinski definition) is 6. The predicted octanol–water partition coefficient (Wildman–Crippen LogP) is 12.5. The van der Waals surface area contributed by atoms with Crippen LogP contribution in [0.2, 0.25) is 0 Å². The molecule has 0 radical (unpaired) electrons. The highest BCUT2D eigenvalue weighted by molar-refractivity contribution is 6.10. The maximum Gasteiger partial charge on any atom is 0.166 e. The number of fused-ring (bicyclic) bond motifs is 3. The summed E-state index contributed by atoms with van der Waals surface area (Å²) in [6.45, 7) is 6.77. The van der Waals surface area contributed by atoms with Crippen LogP contribution in [0.5, 0.6) is 0 Å². The van der Waals surface area contributed by atoms with E-state index in [1.807, 2.05) is 121 Å². The van der Waals surface area contributed by atoms with Crippen molar-refractivity contribution in [2.75, 3.05) is 0 Å². The van der Waals surface area contributed by atoms with Crippen molar-refractivity contribution >= 4 is 21.8 Å². The van der Waals surface area contributed by atoms with E-state index in [0.29, 0.717) is 34.9 Å². The summed E-state index contributed by atoms with van der Waals surface area (Å²) in [4.78, 5) is 30.7. The average molecular weight is 762 g/mol. The lowest BCUT2D eigenvalue weighted by molar-refractivity contribution is 0.591. The molecule has 7 heteroatoms. The van der Waals surface area contributed by atoms with Gasteiger partial charge in [0.25, 0.3) is 0 Å². The van der Waals surface area contributed by atoms with Gasteiger partial charge in [0.15, 0.2) is 34.9 Å². The van der Waals surface area contributed by atoms with Gasteiger partial charge >= 0.3 is 0 Å². The summed E-state index contributed by atoms with van der Waals surface area (Å²) in [5.74, 6) is 3.43. The topological polar surface area (TPSA) is 82.3 Å². The van der Waals surface area contributed by atoms with E-state index in [9.17, 15) is 0 Å². The Balaban J connectivity index is 1.27. The molecule has 0 atom stereocenters. The van der Waals surface area contributed by atoms with Gasteiger partial charge in [0.2, 0.25) is 0 Å². The number of benzene rings is 7. The molecule has 282 valence electrons. The highest BCUT2D eigenvalue weighted by Crippen LogP contribution is 2.39. The van der Waals surface area contributed by atoms with Gasteiger partial charge in [-0.05, 0) is 47.4 Å². The van der Waals surface area contributed by atoms with E-state index >= 15 is 0 Å². The van der Waals surface area contributed by atoms with Crippen molar-refractivity contribution < 1.29 is 0 Å². The molecule has 0 saturated heterocycles. The number of hydrogen-bond donors (Lipinski definition) is 0. The molecule has 0 saturated carbocycles. The first kappa shape index (κ1) is 35.8. The molecule has 0 amide bonds. The number of rotatable bonds is 7. The van der Waals surface area contributed by atoms with Crippen LogP contribution >= 0.6 is 0 Å². The Kier molecular flexibility index (Phi) is 8.91. The van der Waals surface area contributed by atoms with Crippen molar-refractivity contribution in [3.63, 3.8) is 0 Å². The van der Waals surface area contributed by atoms with Gasteiger partial charge in [0, 0.05) is 44.2 Å². The van der Waals surface area contributed by atoms with Crippen LogP contribution < -0.4 is 0 Å². The molecule has 10 aromatic rings. The molecular weight excluding hydrogens is 723 g/mol. The predicted molar refractivity (Wildman–Crippen MR) is 239 cm³/mol. The zero-order valence-corrected chi connectivity index (χ0v) is 33.0. The van der Waals surface area contributed by atoms with Gasteiger partial charge in [-0.3, -0.25) is 0 Å². The molecule has 7 aromatic carbocycles. The summed E-state index contributed by atoms with van der Waals surface area (Å²) in [5, 5.41) is 2.36. The lowest BCUT2D eigenvalue weighted by Crippen LogP contribution is -2.10. The highest BCUT2D eigenvalue weighted by Gasteiger charge is 2.23. The maximum absolute atomic E-state index is 5.25. The van der Waals surface area contributed by atoms with Gasteiger partial charge in [-0.25, -0.2) is 29.9 Å². The minimum Gasteiger partial charge on any atom is -0.309 e. The minimum atomic E-state index is -0.0154. The third-order valence-corrected chi connectivity index (χ3v) is 10.7. The summed E-state index contributed by atoms with van der Waals surface area (Å²) >= 11 is 0. The molecule has 0 spiro atoms. The van der Waals surface area contributed by atoms with Gasteiger partial charge < -0.3 is 4.57 Å². The standard InChI is InChI=1S/C52H39N7/c1-52(2,3)39-29-31-44-41(33-39)40-26-16-17-27-43(40)59(44)45-30-28-38(50-55-46(34-18-8-4-9-19-34)53-47(56-50)35-20-10-5-11-21-35)32-42(45)51-57-48(36-22-12-6-13-23-36)54-49(58-51)37-24-14-7-15-25-37/h4-33H,1-3H3. The zero-order valence-electron chi connectivity index (χ0n) is 33.0. The van der Waals surface area contributed by atoms with Crippen LogP contribution in [0.3, 0.4) is 0 Å². The lowest BCUT2D eigenvalue weighted by Gasteiger charge is -2.19. The van der Waals surface area contributed by atoms with E-state index in [0.717, 1.165) is 50.1 Å². The Morgan fingerprint density at radius 3 is 1.22 bits per heavy atom. The Labute approximate surface area is 342 Å². The number of aromatic nitrogens is 7. The number of nitrogens with zero attached hydrogens (tertiary/aromatic N) is 7. The first-order valence-corrected chi connectivity index (χ1v) is 19.8. The molecule has 0 N–H and O–H groups in total. The molecule has 0 aliphatic carbocycles. The van der Waals surface area contributed by atoms with E-state index < -0.39 is 0 Å². The third-order valence-electron chi connectivity index (χ3n) is 10.7.